The average Bonchev–Trinajstić information content (AvgIpc) is 2.75. The molecule has 6 nitrogen and oxygen atoms in total. The van der Waals surface area contributed by atoms with Gasteiger partial charge in [0.1, 0.15) is 10.7 Å². The highest BCUT2D eigenvalue weighted by Crippen LogP contribution is 2.35. The number of halogens is 1. The molecule has 0 saturated carbocycles. The lowest BCUT2D eigenvalue weighted by Crippen LogP contribution is -2.61. The zero-order chi connectivity index (χ0) is 14.5. The first kappa shape index (κ1) is 13.1. The number of carbonyl (C=O) groups is 3. The molecule has 1 saturated heterocycles. The van der Waals surface area contributed by atoms with Crippen LogP contribution in [0.5, 0.6) is 0 Å². The van der Waals surface area contributed by atoms with Gasteiger partial charge in [0.2, 0.25) is 5.91 Å². The molecule has 0 radical (unpaired) electrons. The highest BCUT2D eigenvalue weighted by molar-refractivity contribution is 6.31. The predicted molar refractivity (Wildman–Crippen MR) is 69.9 cm³/mol. The molecule has 7 heteroatoms. The van der Waals surface area contributed by atoms with Gasteiger partial charge in [-0.2, -0.15) is 0 Å². The minimum atomic E-state index is -1.03. The van der Waals surface area contributed by atoms with Crippen LogP contribution in [-0.4, -0.2) is 33.1 Å². The van der Waals surface area contributed by atoms with Gasteiger partial charge in [-0.1, -0.05) is 11.6 Å². The molecule has 2 aliphatic rings. The molecule has 1 fully saturated rings. The monoisotopic (exact) mass is 293 g/mol. The van der Waals surface area contributed by atoms with Gasteiger partial charge in [0.15, 0.2) is 0 Å². The molecule has 3 heterocycles. The molecule has 0 spiro atoms. The summed E-state index contributed by atoms with van der Waals surface area (Å²) in [5.41, 5.74) is 0.0638. The zero-order valence-electron chi connectivity index (χ0n) is 10.8. The molecular weight excluding hydrogens is 282 g/mol. The molecule has 104 valence electrons. The number of imide groups is 1. The summed E-state index contributed by atoms with van der Waals surface area (Å²) in [5.74, 6) is -1.01. The van der Waals surface area contributed by atoms with E-state index in [0.29, 0.717) is 17.5 Å². The Morgan fingerprint density at radius 1 is 1.40 bits per heavy atom. The van der Waals surface area contributed by atoms with E-state index in [1.54, 1.807) is 13.0 Å². The molecule has 3 rings (SSSR count). The van der Waals surface area contributed by atoms with Gasteiger partial charge in [-0.15, -0.1) is 0 Å². The van der Waals surface area contributed by atoms with Crippen molar-refractivity contribution in [3.63, 3.8) is 0 Å². The molecule has 0 aliphatic carbocycles. The molecule has 1 atom stereocenters. The van der Waals surface area contributed by atoms with E-state index in [-0.39, 0.29) is 29.9 Å². The van der Waals surface area contributed by atoms with Gasteiger partial charge in [0, 0.05) is 23.7 Å². The van der Waals surface area contributed by atoms with Crippen LogP contribution in [0.1, 0.15) is 35.7 Å². The number of carbonyl (C=O) groups excluding carboxylic acids is 3. The highest BCUT2D eigenvalue weighted by Gasteiger charge is 2.48. The molecule has 1 aromatic rings. The van der Waals surface area contributed by atoms with E-state index < -0.39 is 11.4 Å². The van der Waals surface area contributed by atoms with E-state index in [4.69, 9.17) is 11.6 Å². The maximum atomic E-state index is 12.5. The van der Waals surface area contributed by atoms with E-state index in [2.05, 4.69) is 10.3 Å². The maximum Gasteiger partial charge on any atom is 0.255 e. The van der Waals surface area contributed by atoms with Crippen molar-refractivity contribution in [2.24, 2.45) is 0 Å². The molecule has 1 aromatic heterocycles. The lowest BCUT2D eigenvalue weighted by atomic mass is 9.89. The number of nitrogens with one attached hydrogen (secondary N) is 1. The first-order valence-electron chi connectivity index (χ1n) is 6.23. The van der Waals surface area contributed by atoms with Crippen molar-refractivity contribution in [3.8, 4) is 0 Å². The van der Waals surface area contributed by atoms with Crippen LogP contribution in [0.15, 0.2) is 12.3 Å². The summed E-state index contributed by atoms with van der Waals surface area (Å²) >= 11 is 6.00. The van der Waals surface area contributed by atoms with Gasteiger partial charge < -0.3 is 4.90 Å². The van der Waals surface area contributed by atoms with Crippen molar-refractivity contribution in [1.29, 1.82) is 0 Å². The van der Waals surface area contributed by atoms with Crippen molar-refractivity contribution in [2.45, 2.75) is 31.8 Å². The first-order chi connectivity index (χ1) is 9.43. The number of aromatic nitrogens is 1. The van der Waals surface area contributed by atoms with E-state index in [1.807, 2.05) is 0 Å². The number of piperidine rings is 1. The smallest absolute Gasteiger partial charge is 0.255 e. The fourth-order valence-corrected chi connectivity index (χ4v) is 2.86. The second kappa shape index (κ2) is 4.28. The highest BCUT2D eigenvalue weighted by atomic mass is 35.5. The number of fused-ring (bicyclic) bond motifs is 1. The standard InChI is InChI=1S/C13H12ClN3O3/c1-13(4-2-9(18)16-12(13)20)17-6-8-7(11(17)19)3-5-15-10(8)14/h3,5H,2,4,6H2,1H3,(H,16,18,20). The van der Waals surface area contributed by atoms with Gasteiger partial charge in [0.25, 0.3) is 11.8 Å². The Bertz CT molecular complexity index is 646. The van der Waals surface area contributed by atoms with Gasteiger partial charge in [-0.25, -0.2) is 4.98 Å². The summed E-state index contributed by atoms with van der Waals surface area (Å²) in [6, 6.07) is 1.60. The van der Waals surface area contributed by atoms with Crippen LogP contribution in [0.2, 0.25) is 5.15 Å². The molecule has 20 heavy (non-hydrogen) atoms. The Morgan fingerprint density at radius 2 is 2.15 bits per heavy atom. The minimum Gasteiger partial charge on any atom is -0.320 e. The summed E-state index contributed by atoms with van der Waals surface area (Å²) in [6.07, 6.45) is 1.99. The number of nitrogens with zero attached hydrogens (tertiary/aromatic N) is 2. The molecular formula is C13H12ClN3O3. The normalized spacial score (nSPS) is 25.7. The van der Waals surface area contributed by atoms with E-state index in [0.717, 1.165) is 0 Å². The lowest BCUT2D eigenvalue weighted by Gasteiger charge is -2.39. The Balaban J connectivity index is 1.98. The summed E-state index contributed by atoms with van der Waals surface area (Å²) in [7, 11) is 0. The fourth-order valence-electron chi connectivity index (χ4n) is 2.64. The van der Waals surface area contributed by atoms with Crippen LogP contribution >= 0.6 is 11.6 Å². The third-order valence-corrected chi connectivity index (χ3v) is 4.30. The largest absolute Gasteiger partial charge is 0.320 e. The molecule has 0 bridgehead atoms. The summed E-state index contributed by atoms with van der Waals surface area (Å²) in [4.78, 5) is 41.3. The van der Waals surface area contributed by atoms with Crippen molar-refractivity contribution in [3.05, 3.63) is 28.5 Å². The van der Waals surface area contributed by atoms with Gasteiger partial charge >= 0.3 is 0 Å². The first-order valence-corrected chi connectivity index (χ1v) is 6.61. The number of amides is 3. The van der Waals surface area contributed by atoms with Crippen molar-refractivity contribution in [2.75, 3.05) is 0 Å². The van der Waals surface area contributed by atoms with Crippen LogP contribution in [0.3, 0.4) is 0 Å². The molecule has 1 N–H and O–H groups in total. The SMILES string of the molecule is CC1(N2Cc3c(ccnc3Cl)C2=O)CCC(=O)NC1=O. The van der Waals surface area contributed by atoms with Crippen LogP contribution in [0.4, 0.5) is 0 Å². The van der Waals surface area contributed by atoms with E-state index in [9.17, 15) is 14.4 Å². The fraction of sp³-hybridized carbons (Fsp3) is 0.385. The Kier molecular flexibility index (Phi) is 2.79. The van der Waals surface area contributed by atoms with Crippen LogP contribution < -0.4 is 5.32 Å². The maximum absolute atomic E-state index is 12.5. The third-order valence-electron chi connectivity index (χ3n) is 3.97. The topological polar surface area (TPSA) is 79.4 Å². The van der Waals surface area contributed by atoms with Crippen LogP contribution in [-0.2, 0) is 16.1 Å². The van der Waals surface area contributed by atoms with Gasteiger partial charge in [-0.05, 0) is 19.4 Å². The van der Waals surface area contributed by atoms with Crippen molar-refractivity contribution >= 4 is 29.3 Å². The number of hydrogen-bond donors (Lipinski definition) is 1. The second-order valence-corrected chi connectivity index (χ2v) is 5.53. The molecule has 2 aliphatic heterocycles. The van der Waals surface area contributed by atoms with Gasteiger partial charge in [-0.3, -0.25) is 19.7 Å². The predicted octanol–water partition coefficient (Wildman–Crippen LogP) is 0.886. The van der Waals surface area contributed by atoms with Crippen LogP contribution in [0, 0.1) is 0 Å². The Labute approximate surface area is 120 Å². The lowest BCUT2D eigenvalue weighted by molar-refractivity contribution is -0.142. The second-order valence-electron chi connectivity index (χ2n) is 5.17. The summed E-state index contributed by atoms with van der Waals surface area (Å²) in [6.45, 7) is 1.90. The number of rotatable bonds is 1. The van der Waals surface area contributed by atoms with Crippen molar-refractivity contribution < 1.29 is 14.4 Å². The average molecular weight is 294 g/mol. The number of hydrogen-bond acceptors (Lipinski definition) is 4. The van der Waals surface area contributed by atoms with E-state index >= 15 is 0 Å². The molecule has 1 unspecified atom stereocenters. The van der Waals surface area contributed by atoms with Crippen molar-refractivity contribution in [1.82, 2.24) is 15.2 Å². The Morgan fingerprint density at radius 3 is 2.80 bits per heavy atom. The van der Waals surface area contributed by atoms with Gasteiger partial charge in [0.05, 0.1) is 6.54 Å². The zero-order valence-corrected chi connectivity index (χ0v) is 11.5. The molecule has 3 amide bonds. The Hall–Kier alpha value is -1.95. The van der Waals surface area contributed by atoms with Crippen LogP contribution in [0.25, 0.3) is 0 Å². The third kappa shape index (κ3) is 1.71. The minimum absolute atomic E-state index is 0.217. The van der Waals surface area contributed by atoms with E-state index in [1.165, 1.54) is 11.1 Å². The number of pyridine rings is 1. The molecule has 0 aromatic carbocycles. The summed E-state index contributed by atoms with van der Waals surface area (Å²) < 4.78 is 0. The quantitative estimate of drug-likeness (QED) is 0.616. The summed E-state index contributed by atoms with van der Waals surface area (Å²) in [5, 5.41) is 2.56.